The van der Waals surface area contributed by atoms with Crippen LogP contribution in [-0.2, 0) is 0 Å². The number of aromatic nitrogens is 1. The number of nitrogens with zero attached hydrogens (tertiary/aromatic N) is 2. The third-order valence-electron chi connectivity index (χ3n) is 5.60. The van der Waals surface area contributed by atoms with Crippen molar-refractivity contribution in [3.8, 4) is 0 Å². The van der Waals surface area contributed by atoms with Crippen molar-refractivity contribution in [3.05, 3.63) is 60.3 Å². The van der Waals surface area contributed by atoms with Crippen molar-refractivity contribution in [2.24, 2.45) is 0 Å². The summed E-state index contributed by atoms with van der Waals surface area (Å²) in [7, 11) is 2.09. The lowest BCUT2D eigenvalue weighted by Gasteiger charge is -2.29. The molecule has 1 aliphatic heterocycles. The SMILES string of the molecule is CN1CCC(c2c[nH]c3ccc(N(C(=S)Nc4ccccc4)C(F)(F)F)cc23)CC1. The van der Waals surface area contributed by atoms with Gasteiger partial charge in [-0.25, -0.2) is 4.90 Å². The van der Waals surface area contributed by atoms with Crippen LogP contribution < -0.4 is 10.2 Å². The van der Waals surface area contributed by atoms with E-state index in [9.17, 15) is 13.2 Å². The van der Waals surface area contributed by atoms with Crippen LogP contribution in [0.4, 0.5) is 24.5 Å². The molecule has 1 aliphatic rings. The van der Waals surface area contributed by atoms with E-state index in [1.807, 2.05) is 6.20 Å². The molecule has 2 heterocycles. The average molecular weight is 433 g/mol. The maximum Gasteiger partial charge on any atom is 0.491 e. The van der Waals surface area contributed by atoms with Crippen molar-refractivity contribution in [3.63, 3.8) is 0 Å². The van der Waals surface area contributed by atoms with E-state index in [1.165, 1.54) is 6.07 Å². The topological polar surface area (TPSA) is 34.3 Å². The van der Waals surface area contributed by atoms with Crippen LogP contribution in [0.2, 0.25) is 0 Å². The number of hydrogen-bond donors (Lipinski definition) is 2. The van der Waals surface area contributed by atoms with Crippen molar-refractivity contribution >= 4 is 39.6 Å². The number of rotatable bonds is 3. The molecular formula is C22H23F3N4S. The van der Waals surface area contributed by atoms with Crippen molar-refractivity contribution in [2.45, 2.75) is 25.1 Å². The number of H-pyrrole nitrogens is 1. The van der Waals surface area contributed by atoms with Gasteiger partial charge in [-0.15, -0.1) is 13.2 Å². The predicted molar refractivity (Wildman–Crippen MR) is 119 cm³/mol. The van der Waals surface area contributed by atoms with Crippen molar-refractivity contribution in [2.75, 3.05) is 30.4 Å². The maximum absolute atomic E-state index is 14.0. The number of benzene rings is 2. The second-order valence-corrected chi connectivity index (χ2v) is 8.04. The first-order valence-corrected chi connectivity index (χ1v) is 10.3. The molecule has 30 heavy (non-hydrogen) atoms. The van der Waals surface area contributed by atoms with Crippen molar-refractivity contribution in [1.29, 1.82) is 0 Å². The van der Waals surface area contributed by atoms with Crippen LogP contribution in [0, 0.1) is 0 Å². The van der Waals surface area contributed by atoms with Gasteiger partial charge in [0.05, 0.1) is 5.69 Å². The molecule has 0 spiro atoms. The lowest BCUT2D eigenvalue weighted by atomic mass is 9.89. The number of anilines is 2. The van der Waals surface area contributed by atoms with Gasteiger partial charge in [-0.2, -0.15) is 0 Å². The van der Waals surface area contributed by atoms with E-state index in [-0.39, 0.29) is 10.6 Å². The van der Waals surface area contributed by atoms with Crippen molar-refractivity contribution < 1.29 is 13.2 Å². The first-order chi connectivity index (χ1) is 14.3. The highest BCUT2D eigenvalue weighted by molar-refractivity contribution is 7.80. The minimum absolute atomic E-state index is 0.00258. The number of fused-ring (bicyclic) bond motifs is 1. The molecule has 0 unspecified atom stereocenters. The lowest BCUT2D eigenvalue weighted by molar-refractivity contribution is -0.118. The van der Waals surface area contributed by atoms with Crippen LogP contribution in [0.1, 0.15) is 24.3 Å². The zero-order valence-electron chi connectivity index (χ0n) is 16.5. The van der Waals surface area contributed by atoms with E-state index in [1.54, 1.807) is 42.5 Å². The Kier molecular flexibility index (Phi) is 5.71. The van der Waals surface area contributed by atoms with Crippen molar-refractivity contribution in [1.82, 2.24) is 9.88 Å². The van der Waals surface area contributed by atoms with Crippen LogP contribution in [0.15, 0.2) is 54.7 Å². The van der Waals surface area contributed by atoms with Gasteiger partial charge in [0.15, 0.2) is 5.11 Å². The number of hydrogen-bond acceptors (Lipinski definition) is 2. The Morgan fingerprint density at radius 3 is 2.50 bits per heavy atom. The van der Waals surface area contributed by atoms with Gasteiger partial charge < -0.3 is 15.2 Å². The van der Waals surface area contributed by atoms with Gasteiger partial charge in [0.25, 0.3) is 0 Å². The number of para-hydroxylation sites is 1. The zero-order chi connectivity index (χ0) is 21.3. The third kappa shape index (κ3) is 4.29. The molecule has 2 aromatic carbocycles. The van der Waals surface area contributed by atoms with E-state index in [4.69, 9.17) is 12.2 Å². The molecule has 0 amide bonds. The van der Waals surface area contributed by atoms with Crippen LogP contribution in [0.25, 0.3) is 10.9 Å². The minimum atomic E-state index is -4.66. The smallest absolute Gasteiger partial charge is 0.361 e. The number of piperidine rings is 1. The maximum atomic E-state index is 14.0. The highest BCUT2D eigenvalue weighted by Gasteiger charge is 2.41. The first-order valence-electron chi connectivity index (χ1n) is 9.85. The Bertz CT molecular complexity index is 1020. The van der Waals surface area contributed by atoms with E-state index in [0.29, 0.717) is 11.6 Å². The molecule has 8 heteroatoms. The number of aromatic amines is 1. The molecule has 0 atom stereocenters. The molecule has 4 nitrogen and oxygen atoms in total. The third-order valence-corrected chi connectivity index (χ3v) is 5.88. The van der Waals surface area contributed by atoms with Crippen LogP contribution >= 0.6 is 12.2 Å². The molecule has 0 aliphatic carbocycles. The first kappa shape index (κ1) is 20.7. The highest BCUT2D eigenvalue weighted by Crippen LogP contribution is 2.37. The van der Waals surface area contributed by atoms with Gasteiger partial charge in [0.1, 0.15) is 0 Å². The zero-order valence-corrected chi connectivity index (χ0v) is 17.4. The van der Waals surface area contributed by atoms with Gasteiger partial charge in [-0.3, -0.25) is 0 Å². The molecule has 3 aromatic rings. The normalized spacial score (nSPS) is 16.0. The second kappa shape index (κ2) is 8.28. The van der Waals surface area contributed by atoms with E-state index < -0.39 is 11.4 Å². The average Bonchev–Trinajstić information content (AvgIpc) is 3.12. The molecule has 0 radical (unpaired) electrons. The summed E-state index contributed by atoms with van der Waals surface area (Å²) in [5, 5.41) is 3.10. The molecule has 1 fully saturated rings. The summed E-state index contributed by atoms with van der Waals surface area (Å²) in [6.07, 6.45) is -0.741. The summed E-state index contributed by atoms with van der Waals surface area (Å²) in [5.41, 5.74) is 2.41. The predicted octanol–water partition coefficient (Wildman–Crippen LogP) is 5.70. The minimum Gasteiger partial charge on any atom is -0.361 e. The summed E-state index contributed by atoms with van der Waals surface area (Å²) in [6.45, 7) is 1.97. The Balaban J connectivity index is 1.68. The van der Waals surface area contributed by atoms with Crippen LogP contribution in [0.3, 0.4) is 0 Å². The number of nitrogens with one attached hydrogen (secondary N) is 2. The molecule has 1 saturated heterocycles. The summed E-state index contributed by atoms with van der Waals surface area (Å²) in [6, 6.07) is 13.3. The number of thiocarbonyl (C=S) groups is 1. The van der Waals surface area contributed by atoms with Crippen LogP contribution in [0.5, 0.6) is 0 Å². The summed E-state index contributed by atoms with van der Waals surface area (Å²) in [5.74, 6) is 0.332. The lowest BCUT2D eigenvalue weighted by Crippen LogP contribution is -2.45. The monoisotopic (exact) mass is 432 g/mol. The van der Waals surface area contributed by atoms with Gasteiger partial charge in [-0.1, -0.05) is 18.2 Å². The summed E-state index contributed by atoms with van der Waals surface area (Å²) in [4.78, 5) is 5.70. The number of likely N-dealkylation sites (tertiary alicyclic amines) is 1. The summed E-state index contributed by atoms with van der Waals surface area (Å²) >= 11 is 5.14. The standard InChI is InChI=1S/C22H23F3N4S/c1-28-11-9-15(10-12-28)19-14-26-20-8-7-17(13-18(19)20)29(22(23,24)25)21(30)27-16-5-3-2-4-6-16/h2-8,13-15,26H,9-12H2,1H3,(H,27,30). The van der Waals surface area contributed by atoms with Gasteiger partial charge in [0.2, 0.25) is 0 Å². The number of alkyl halides is 3. The molecule has 4 rings (SSSR count). The Labute approximate surface area is 178 Å². The van der Waals surface area contributed by atoms with Gasteiger partial charge >= 0.3 is 6.30 Å². The number of halogens is 3. The van der Waals surface area contributed by atoms with E-state index in [2.05, 4.69) is 22.2 Å². The fraction of sp³-hybridized carbons (Fsp3) is 0.318. The second-order valence-electron chi connectivity index (χ2n) is 7.65. The fourth-order valence-electron chi connectivity index (χ4n) is 4.01. The largest absolute Gasteiger partial charge is 0.491 e. The Hall–Kier alpha value is -2.58. The van der Waals surface area contributed by atoms with E-state index >= 15 is 0 Å². The molecule has 0 bridgehead atoms. The molecular weight excluding hydrogens is 409 g/mol. The quantitative estimate of drug-likeness (QED) is 0.411. The van der Waals surface area contributed by atoms with Gasteiger partial charge in [-0.05, 0) is 87.0 Å². The Morgan fingerprint density at radius 2 is 1.83 bits per heavy atom. The summed E-state index contributed by atoms with van der Waals surface area (Å²) < 4.78 is 41.9. The van der Waals surface area contributed by atoms with Gasteiger partial charge in [0, 0.05) is 22.8 Å². The Morgan fingerprint density at radius 1 is 1.13 bits per heavy atom. The van der Waals surface area contributed by atoms with E-state index in [0.717, 1.165) is 42.4 Å². The highest BCUT2D eigenvalue weighted by atomic mass is 32.1. The molecule has 158 valence electrons. The molecule has 0 saturated carbocycles. The fourth-order valence-corrected chi connectivity index (χ4v) is 4.33. The van der Waals surface area contributed by atoms with Crippen LogP contribution in [-0.4, -0.2) is 41.4 Å². The molecule has 1 aromatic heterocycles. The molecule has 2 N–H and O–H groups in total.